The summed E-state index contributed by atoms with van der Waals surface area (Å²) in [6, 6.07) is 9.92. The highest BCUT2D eigenvalue weighted by Gasteiger charge is 2.22. The minimum Gasteiger partial charge on any atom is -0.425 e. The van der Waals surface area contributed by atoms with Crippen molar-refractivity contribution in [3.8, 4) is 0 Å². The van der Waals surface area contributed by atoms with Crippen LogP contribution in [-0.4, -0.2) is 5.97 Å². The first-order valence-electron chi connectivity index (χ1n) is 7.42. The van der Waals surface area contributed by atoms with Crippen molar-refractivity contribution in [1.82, 2.24) is 0 Å². The van der Waals surface area contributed by atoms with Gasteiger partial charge in [0.25, 0.3) is 0 Å². The third kappa shape index (κ3) is 3.69. The molecule has 0 heterocycles. The van der Waals surface area contributed by atoms with Crippen molar-refractivity contribution in [1.29, 1.82) is 0 Å². The Kier molecular flexibility index (Phi) is 5.25. The van der Waals surface area contributed by atoms with Crippen LogP contribution in [0.2, 0.25) is 0 Å². The first-order chi connectivity index (χ1) is 10.4. The molecule has 1 atom stereocenters. The van der Waals surface area contributed by atoms with Crippen LogP contribution in [0, 0.1) is 5.92 Å². The number of ether oxygens (including phenoxy) is 1. The summed E-state index contributed by atoms with van der Waals surface area (Å²) in [6.07, 6.45) is 3.00. The Morgan fingerprint density at radius 2 is 1.86 bits per heavy atom. The predicted octanol–water partition coefficient (Wildman–Crippen LogP) is 5.46. The maximum Gasteiger partial charge on any atom is 0.308 e. The molecule has 116 valence electrons. The average molecular weight is 317 g/mol. The van der Waals surface area contributed by atoms with E-state index in [0.717, 1.165) is 23.1 Å². The van der Waals surface area contributed by atoms with Crippen molar-refractivity contribution < 1.29 is 9.53 Å². The van der Waals surface area contributed by atoms with Gasteiger partial charge < -0.3 is 4.74 Å². The molecule has 1 aromatic rings. The van der Waals surface area contributed by atoms with Gasteiger partial charge in [0.1, 0.15) is 5.76 Å². The quantitative estimate of drug-likeness (QED) is 0.677. The van der Waals surface area contributed by atoms with E-state index in [9.17, 15) is 4.79 Å². The normalized spacial score (nSPS) is 28.4. The van der Waals surface area contributed by atoms with Crippen LogP contribution in [0.3, 0.4) is 0 Å². The SMILES string of the molecule is CC(=O)OC1=C(\C)C(C)C\C(C)=C/C(c2ccccc2)=C\1Cl. The fourth-order valence-electron chi connectivity index (χ4n) is 2.62. The van der Waals surface area contributed by atoms with Crippen LogP contribution >= 0.6 is 11.6 Å². The number of allylic oxidation sites excluding steroid dienone is 5. The molecule has 22 heavy (non-hydrogen) atoms. The standard InChI is InChI=1S/C19H21ClO2/c1-12-10-13(2)14(3)19(22-15(4)21)18(20)17(11-12)16-8-6-5-7-9-16/h5-9,11,13H,10H2,1-4H3/b12-11-,18-17-,19-14+. The van der Waals surface area contributed by atoms with Gasteiger partial charge in [-0.2, -0.15) is 0 Å². The van der Waals surface area contributed by atoms with Crippen LogP contribution in [0.5, 0.6) is 0 Å². The van der Waals surface area contributed by atoms with Gasteiger partial charge in [-0.25, -0.2) is 0 Å². The first kappa shape index (κ1) is 16.6. The minimum atomic E-state index is -0.353. The van der Waals surface area contributed by atoms with Gasteiger partial charge in [0.05, 0.1) is 5.03 Å². The molecule has 0 radical (unpaired) electrons. The van der Waals surface area contributed by atoms with Crippen molar-refractivity contribution >= 4 is 23.1 Å². The highest BCUT2D eigenvalue weighted by atomic mass is 35.5. The molecule has 0 spiro atoms. The number of halogens is 1. The Hall–Kier alpha value is -1.80. The lowest BCUT2D eigenvalue weighted by Crippen LogP contribution is -2.10. The second kappa shape index (κ2) is 6.97. The van der Waals surface area contributed by atoms with E-state index in [-0.39, 0.29) is 11.9 Å². The lowest BCUT2D eigenvalue weighted by atomic mass is 9.89. The van der Waals surface area contributed by atoms with Gasteiger partial charge in [-0.15, -0.1) is 0 Å². The zero-order chi connectivity index (χ0) is 16.3. The summed E-state index contributed by atoms with van der Waals surface area (Å²) >= 11 is 6.63. The van der Waals surface area contributed by atoms with Crippen LogP contribution in [0.1, 0.15) is 39.7 Å². The molecule has 0 fully saturated rings. The summed E-state index contributed by atoms with van der Waals surface area (Å²) in [5.74, 6) is 0.411. The third-order valence-corrected chi connectivity index (χ3v) is 4.26. The van der Waals surface area contributed by atoms with Gasteiger partial charge in [-0.1, -0.05) is 60.5 Å². The molecule has 0 aliphatic heterocycles. The number of carbonyl (C=O) groups is 1. The second-order valence-corrected chi connectivity index (χ2v) is 6.17. The molecule has 0 N–H and O–H groups in total. The van der Waals surface area contributed by atoms with Gasteiger partial charge in [0.2, 0.25) is 0 Å². The van der Waals surface area contributed by atoms with E-state index in [2.05, 4.69) is 19.9 Å². The number of carbonyl (C=O) groups excluding carboxylic acids is 1. The molecule has 1 unspecified atom stereocenters. The molecule has 0 amide bonds. The molecule has 0 aromatic heterocycles. The number of esters is 1. The molecule has 0 saturated heterocycles. The molecular weight excluding hydrogens is 296 g/mol. The van der Waals surface area contributed by atoms with Crippen LogP contribution in [0.15, 0.2) is 58.3 Å². The summed E-state index contributed by atoms with van der Waals surface area (Å²) in [7, 11) is 0. The Morgan fingerprint density at radius 1 is 1.23 bits per heavy atom. The van der Waals surface area contributed by atoms with E-state index < -0.39 is 0 Å². The maximum absolute atomic E-state index is 11.5. The van der Waals surface area contributed by atoms with Crippen molar-refractivity contribution in [2.45, 2.75) is 34.1 Å². The van der Waals surface area contributed by atoms with Crippen LogP contribution in [0.25, 0.3) is 5.57 Å². The van der Waals surface area contributed by atoms with E-state index in [0.29, 0.717) is 10.8 Å². The zero-order valence-electron chi connectivity index (χ0n) is 13.4. The summed E-state index contributed by atoms with van der Waals surface area (Å²) in [6.45, 7) is 7.60. The Labute approximate surface area is 137 Å². The lowest BCUT2D eigenvalue weighted by molar-refractivity contribution is -0.136. The van der Waals surface area contributed by atoms with Gasteiger partial charge in [0.15, 0.2) is 0 Å². The van der Waals surface area contributed by atoms with Crippen LogP contribution in [0.4, 0.5) is 0 Å². The van der Waals surface area contributed by atoms with Gasteiger partial charge in [-0.05, 0) is 37.3 Å². The van der Waals surface area contributed by atoms with E-state index in [1.807, 2.05) is 37.3 Å². The second-order valence-electron chi connectivity index (χ2n) is 5.80. The van der Waals surface area contributed by atoms with Crippen molar-refractivity contribution in [2.75, 3.05) is 0 Å². The average Bonchev–Trinajstić information content (AvgIpc) is 2.49. The Morgan fingerprint density at radius 3 is 2.45 bits per heavy atom. The lowest BCUT2D eigenvalue weighted by Gasteiger charge is -2.22. The molecule has 0 bridgehead atoms. The molecule has 1 aliphatic rings. The summed E-state index contributed by atoms with van der Waals surface area (Å²) in [5, 5.41) is 0.491. The predicted molar refractivity (Wildman–Crippen MR) is 91.2 cm³/mol. The van der Waals surface area contributed by atoms with E-state index >= 15 is 0 Å². The number of hydrogen-bond acceptors (Lipinski definition) is 2. The zero-order valence-corrected chi connectivity index (χ0v) is 14.2. The van der Waals surface area contributed by atoms with E-state index in [1.54, 1.807) is 0 Å². The number of rotatable bonds is 2. The van der Waals surface area contributed by atoms with Gasteiger partial charge >= 0.3 is 5.97 Å². The fraction of sp³-hybridized carbons (Fsp3) is 0.316. The summed E-state index contributed by atoms with van der Waals surface area (Å²) < 4.78 is 5.43. The van der Waals surface area contributed by atoms with E-state index in [4.69, 9.17) is 16.3 Å². The molecular formula is C19H21ClO2. The first-order valence-corrected chi connectivity index (χ1v) is 7.80. The topological polar surface area (TPSA) is 26.3 Å². The van der Waals surface area contributed by atoms with Crippen molar-refractivity contribution in [2.24, 2.45) is 5.92 Å². The largest absolute Gasteiger partial charge is 0.425 e. The highest BCUT2D eigenvalue weighted by molar-refractivity contribution is 6.35. The molecule has 1 aromatic carbocycles. The molecule has 2 nitrogen and oxygen atoms in total. The van der Waals surface area contributed by atoms with Crippen LogP contribution < -0.4 is 0 Å². The van der Waals surface area contributed by atoms with E-state index in [1.165, 1.54) is 12.5 Å². The van der Waals surface area contributed by atoms with Crippen molar-refractivity contribution in [3.63, 3.8) is 0 Å². The third-order valence-electron chi connectivity index (χ3n) is 3.88. The number of benzene rings is 1. The minimum absolute atomic E-state index is 0.275. The summed E-state index contributed by atoms with van der Waals surface area (Å²) in [4.78, 5) is 11.5. The Bertz CT molecular complexity index is 666. The van der Waals surface area contributed by atoms with Crippen LogP contribution in [-0.2, 0) is 9.53 Å². The smallest absolute Gasteiger partial charge is 0.308 e. The number of hydrogen-bond donors (Lipinski definition) is 0. The van der Waals surface area contributed by atoms with Gasteiger partial charge in [-0.3, -0.25) is 4.79 Å². The molecule has 3 heteroatoms. The van der Waals surface area contributed by atoms with Gasteiger partial charge in [0, 0.05) is 12.5 Å². The maximum atomic E-state index is 11.5. The molecule has 0 saturated carbocycles. The molecule has 2 rings (SSSR count). The fourth-order valence-corrected chi connectivity index (χ4v) is 2.97. The Balaban J connectivity index is 2.67. The summed E-state index contributed by atoms with van der Waals surface area (Å²) in [5.41, 5.74) is 4.16. The molecule has 1 aliphatic carbocycles. The van der Waals surface area contributed by atoms with Crippen molar-refractivity contribution in [3.05, 3.63) is 63.9 Å². The monoisotopic (exact) mass is 316 g/mol. The highest BCUT2D eigenvalue weighted by Crippen LogP contribution is 2.37.